The number of anilines is 2. The highest BCUT2D eigenvalue weighted by Gasteiger charge is 2.05. The van der Waals surface area contributed by atoms with E-state index in [4.69, 9.17) is 17.3 Å². The summed E-state index contributed by atoms with van der Waals surface area (Å²) in [4.78, 5) is 10.7. The van der Waals surface area contributed by atoms with Crippen LogP contribution < -0.4 is 16.4 Å². The molecule has 0 spiro atoms. The lowest BCUT2D eigenvalue weighted by atomic mass is 10.1. The molecule has 0 fully saturated rings. The summed E-state index contributed by atoms with van der Waals surface area (Å²) in [6, 6.07) is 14.7. The SMILES string of the molecule is CC(Nc1ccc(NC(N)=O)cc1)c1ccc(Cl)cc1. The second kappa shape index (κ2) is 6.30. The van der Waals surface area contributed by atoms with Gasteiger partial charge in [0.05, 0.1) is 0 Å². The zero-order valence-corrected chi connectivity index (χ0v) is 11.8. The lowest BCUT2D eigenvalue weighted by Gasteiger charge is -2.16. The molecule has 20 heavy (non-hydrogen) atoms. The van der Waals surface area contributed by atoms with Crippen LogP contribution in [0.1, 0.15) is 18.5 Å². The summed E-state index contributed by atoms with van der Waals surface area (Å²) in [7, 11) is 0. The van der Waals surface area contributed by atoms with Gasteiger partial charge in [0.1, 0.15) is 0 Å². The lowest BCUT2D eigenvalue weighted by molar-refractivity contribution is 0.259. The number of nitrogens with one attached hydrogen (secondary N) is 2. The van der Waals surface area contributed by atoms with Crippen molar-refractivity contribution in [3.8, 4) is 0 Å². The number of urea groups is 1. The standard InChI is InChI=1S/C15H16ClN3O/c1-10(11-2-4-12(16)5-3-11)18-13-6-8-14(9-7-13)19-15(17)20/h2-10,18H,1H3,(H3,17,19,20). The van der Waals surface area contributed by atoms with Crippen molar-refractivity contribution in [2.45, 2.75) is 13.0 Å². The van der Waals surface area contributed by atoms with Crippen molar-refractivity contribution >= 4 is 29.0 Å². The molecule has 4 N–H and O–H groups in total. The molecular weight excluding hydrogens is 274 g/mol. The number of amides is 2. The summed E-state index contributed by atoms with van der Waals surface area (Å²) in [5.74, 6) is 0. The number of hydrogen-bond acceptors (Lipinski definition) is 2. The van der Waals surface area contributed by atoms with E-state index in [1.807, 2.05) is 36.4 Å². The van der Waals surface area contributed by atoms with E-state index in [-0.39, 0.29) is 6.04 Å². The largest absolute Gasteiger partial charge is 0.379 e. The third-order valence-electron chi connectivity index (χ3n) is 2.91. The van der Waals surface area contributed by atoms with Gasteiger partial charge >= 0.3 is 6.03 Å². The van der Waals surface area contributed by atoms with Crippen LogP contribution in [0.3, 0.4) is 0 Å². The minimum Gasteiger partial charge on any atom is -0.379 e. The molecule has 0 saturated carbocycles. The number of carbonyl (C=O) groups excluding carboxylic acids is 1. The molecule has 0 aliphatic heterocycles. The molecule has 2 aromatic rings. The molecule has 5 heteroatoms. The number of rotatable bonds is 4. The van der Waals surface area contributed by atoms with Gasteiger partial charge < -0.3 is 16.4 Å². The van der Waals surface area contributed by atoms with Crippen molar-refractivity contribution in [2.24, 2.45) is 5.73 Å². The van der Waals surface area contributed by atoms with E-state index in [0.717, 1.165) is 16.3 Å². The molecule has 0 radical (unpaired) electrons. The van der Waals surface area contributed by atoms with Crippen molar-refractivity contribution in [2.75, 3.05) is 10.6 Å². The van der Waals surface area contributed by atoms with E-state index in [1.54, 1.807) is 12.1 Å². The summed E-state index contributed by atoms with van der Waals surface area (Å²) in [6.45, 7) is 2.07. The maximum Gasteiger partial charge on any atom is 0.316 e. The Hall–Kier alpha value is -2.20. The average molecular weight is 290 g/mol. The molecule has 2 amide bonds. The minimum absolute atomic E-state index is 0.155. The summed E-state index contributed by atoms with van der Waals surface area (Å²) in [5, 5.41) is 6.62. The normalized spacial score (nSPS) is 11.7. The first kappa shape index (κ1) is 14.2. The maximum atomic E-state index is 10.7. The van der Waals surface area contributed by atoms with Gasteiger partial charge in [0.25, 0.3) is 0 Å². The highest BCUT2D eigenvalue weighted by molar-refractivity contribution is 6.30. The van der Waals surface area contributed by atoms with E-state index in [2.05, 4.69) is 17.6 Å². The predicted octanol–water partition coefficient (Wildman–Crippen LogP) is 4.00. The molecule has 0 heterocycles. The molecule has 1 unspecified atom stereocenters. The summed E-state index contributed by atoms with van der Waals surface area (Å²) < 4.78 is 0. The molecule has 0 aliphatic rings. The first-order valence-electron chi connectivity index (χ1n) is 6.23. The van der Waals surface area contributed by atoms with Crippen LogP contribution in [-0.4, -0.2) is 6.03 Å². The van der Waals surface area contributed by atoms with E-state index >= 15 is 0 Å². The van der Waals surface area contributed by atoms with Gasteiger partial charge in [-0.25, -0.2) is 4.79 Å². The first-order chi connectivity index (χ1) is 9.54. The van der Waals surface area contributed by atoms with Crippen molar-refractivity contribution in [1.82, 2.24) is 0 Å². The zero-order valence-electron chi connectivity index (χ0n) is 11.1. The quantitative estimate of drug-likeness (QED) is 0.796. The van der Waals surface area contributed by atoms with Crippen molar-refractivity contribution in [1.29, 1.82) is 0 Å². The fraction of sp³-hybridized carbons (Fsp3) is 0.133. The Balaban J connectivity index is 2.02. The second-order valence-corrected chi connectivity index (χ2v) is 4.92. The van der Waals surface area contributed by atoms with Gasteiger partial charge in [-0.2, -0.15) is 0 Å². The van der Waals surface area contributed by atoms with Crippen LogP contribution >= 0.6 is 11.6 Å². The third-order valence-corrected chi connectivity index (χ3v) is 3.16. The van der Waals surface area contributed by atoms with Gasteiger partial charge in [-0.05, 0) is 48.9 Å². The van der Waals surface area contributed by atoms with Crippen LogP contribution in [0.25, 0.3) is 0 Å². The van der Waals surface area contributed by atoms with Crippen LogP contribution in [0.15, 0.2) is 48.5 Å². The van der Waals surface area contributed by atoms with Gasteiger partial charge in [-0.3, -0.25) is 0 Å². The van der Waals surface area contributed by atoms with Gasteiger partial charge in [0, 0.05) is 22.4 Å². The number of nitrogens with two attached hydrogens (primary N) is 1. The van der Waals surface area contributed by atoms with Crippen molar-refractivity contribution in [3.05, 3.63) is 59.1 Å². The summed E-state index contributed by atoms with van der Waals surface area (Å²) in [5.41, 5.74) is 7.83. The first-order valence-corrected chi connectivity index (χ1v) is 6.61. The van der Waals surface area contributed by atoms with Crippen LogP contribution in [0.4, 0.5) is 16.2 Å². The average Bonchev–Trinajstić information content (AvgIpc) is 2.41. The second-order valence-electron chi connectivity index (χ2n) is 4.48. The van der Waals surface area contributed by atoms with Crippen molar-refractivity contribution < 1.29 is 4.79 Å². The van der Waals surface area contributed by atoms with Gasteiger partial charge in [-0.1, -0.05) is 23.7 Å². The number of carbonyl (C=O) groups is 1. The number of primary amides is 1. The fourth-order valence-corrected chi connectivity index (χ4v) is 2.00. The summed E-state index contributed by atoms with van der Waals surface area (Å²) in [6.07, 6.45) is 0. The van der Waals surface area contributed by atoms with E-state index in [9.17, 15) is 4.79 Å². The zero-order chi connectivity index (χ0) is 14.5. The maximum absolute atomic E-state index is 10.7. The molecule has 1 atom stereocenters. The lowest BCUT2D eigenvalue weighted by Crippen LogP contribution is -2.19. The number of hydrogen-bond donors (Lipinski definition) is 3. The third kappa shape index (κ3) is 3.90. The Bertz CT molecular complexity index is 581. The number of benzene rings is 2. The Kier molecular flexibility index (Phi) is 4.48. The monoisotopic (exact) mass is 289 g/mol. The molecule has 2 aromatic carbocycles. The van der Waals surface area contributed by atoms with Crippen LogP contribution in [0.2, 0.25) is 5.02 Å². The summed E-state index contributed by atoms with van der Waals surface area (Å²) >= 11 is 5.87. The Morgan fingerprint density at radius 1 is 1.05 bits per heavy atom. The minimum atomic E-state index is -0.569. The van der Waals surface area contributed by atoms with Crippen molar-refractivity contribution in [3.63, 3.8) is 0 Å². The topological polar surface area (TPSA) is 67.2 Å². The van der Waals surface area contributed by atoms with Gasteiger partial charge in [-0.15, -0.1) is 0 Å². The van der Waals surface area contributed by atoms with Crippen LogP contribution in [0, 0.1) is 0 Å². The Labute approximate surface area is 122 Å². The van der Waals surface area contributed by atoms with Crippen LogP contribution in [0.5, 0.6) is 0 Å². The molecule has 2 rings (SSSR count). The molecular formula is C15H16ClN3O. The van der Waals surface area contributed by atoms with E-state index in [0.29, 0.717) is 5.69 Å². The van der Waals surface area contributed by atoms with Gasteiger partial charge in [0.2, 0.25) is 0 Å². The molecule has 4 nitrogen and oxygen atoms in total. The van der Waals surface area contributed by atoms with E-state index < -0.39 is 6.03 Å². The molecule has 0 aromatic heterocycles. The molecule has 0 aliphatic carbocycles. The number of halogens is 1. The fourth-order valence-electron chi connectivity index (χ4n) is 1.88. The van der Waals surface area contributed by atoms with Crippen LogP contribution in [-0.2, 0) is 0 Å². The highest BCUT2D eigenvalue weighted by Crippen LogP contribution is 2.22. The smallest absolute Gasteiger partial charge is 0.316 e. The molecule has 0 bridgehead atoms. The van der Waals surface area contributed by atoms with E-state index in [1.165, 1.54) is 0 Å². The van der Waals surface area contributed by atoms with Gasteiger partial charge in [0.15, 0.2) is 0 Å². The highest BCUT2D eigenvalue weighted by atomic mass is 35.5. The molecule has 104 valence electrons. The molecule has 0 saturated heterocycles. The Morgan fingerprint density at radius 2 is 1.60 bits per heavy atom. The predicted molar refractivity (Wildman–Crippen MR) is 83.1 cm³/mol. The Morgan fingerprint density at radius 3 is 2.15 bits per heavy atom.